The van der Waals surface area contributed by atoms with Gasteiger partial charge in [0.05, 0.1) is 49.6 Å². The summed E-state index contributed by atoms with van der Waals surface area (Å²) in [5.41, 5.74) is 1.14. The maximum Gasteiger partial charge on any atom is 0.243 e. The highest BCUT2D eigenvalue weighted by Gasteiger charge is 2.30. The first-order valence-corrected chi connectivity index (χ1v) is 9.62. The Bertz CT molecular complexity index is 654. The standard InChI is InChI=1S/C17H25N3O2S/c1-14(2)16-4-6-17(7-5-16)23(21,22)20-10-8-19(9-11-20)13-15(3)12-18/h4-7,14-15H,8-11,13H2,1-3H3/p+1/t15-/m1/s1. The number of nitrogens with zero attached hydrogens (tertiary/aromatic N) is 2. The molecule has 1 aromatic rings. The molecule has 1 aromatic carbocycles. The Kier molecular flexibility index (Phi) is 5.79. The first-order chi connectivity index (χ1) is 10.8. The molecule has 0 unspecified atom stereocenters. The highest BCUT2D eigenvalue weighted by atomic mass is 32.2. The Morgan fingerprint density at radius 2 is 1.74 bits per heavy atom. The van der Waals surface area contributed by atoms with Crippen LogP contribution in [-0.2, 0) is 10.0 Å². The van der Waals surface area contributed by atoms with Gasteiger partial charge in [-0.25, -0.2) is 8.42 Å². The molecule has 0 bridgehead atoms. The first kappa shape index (κ1) is 17.9. The molecule has 5 nitrogen and oxygen atoms in total. The van der Waals surface area contributed by atoms with Gasteiger partial charge >= 0.3 is 0 Å². The summed E-state index contributed by atoms with van der Waals surface area (Å²) in [5, 5.41) is 8.89. The van der Waals surface area contributed by atoms with Gasteiger partial charge in [-0.1, -0.05) is 26.0 Å². The van der Waals surface area contributed by atoms with Crippen LogP contribution in [0, 0.1) is 17.2 Å². The van der Waals surface area contributed by atoms with Gasteiger partial charge in [0.2, 0.25) is 10.0 Å². The van der Waals surface area contributed by atoms with Crippen LogP contribution >= 0.6 is 0 Å². The average molecular weight is 336 g/mol. The van der Waals surface area contributed by atoms with Crippen LogP contribution < -0.4 is 4.90 Å². The van der Waals surface area contributed by atoms with E-state index in [-0.39, 0.29) is 5.92 Å². The van der Waals surface area contributed by atoms with Crippen molar-refractivity contribution in [1.82, 2.24) is 4.31 Å². The fourth-order valence-electron chi connectivity index (χ4n) is 2.90. The fourth-order valence-corrected chi connectivity index (χ4v) is 4.34. The van der Waals surface area contributed by atoms with E-state index in [2.05, 4.69) is 19.9 Å². The second kappa shape index (κ2) is 7.43. The number of piperazine rings is 1. The van der Waals surface area contributed by atoms with Crippen LogP contribution in [0.5, 0.6) is 0 Å². The minimum absolute atomic E-state index is 0.0109. The number of rotatable bonds is 5. The second-order valence-corrected chi connectivity index (χ2v) is 8.55. The van der Waals surface area contributed by atoms with Crippen LogP contribution in [-0.4, -0.2) is 45.4 Å². The van der Waals surface area contributed by atoms with Crippen LogP contribution in [0.2, 0.25) is 0 Å². The Hall–Kier alpha value is -1.42. The predicted molar refractivity (Wildman–Crippen MR) is 89.6 cm³/mol. The van der Waals surface area contributed by atoms with Crippen molar-refractivity contribution in [3.05, 3.63) is 29.8 Å². The van der Waals surface area contributed by atoms with Crippen molar-refractivity contribution < 1.29 is 13.3 Å². The molecule has 1 heterocycles. The zero-order chi connectivity index (χ0) is 17.0. The second-order valence-electron chi connectivity index (χ2n) is 6.61. The molecule has 0 saturated carbocycles. The van der Waals surface area contributed by atoms with Gasteiger partial charge in [0.25, 0.3) is 0 Å². The van der Waals surface area contributed by atoms with Gasteiger partial charge in [0.15, 0.2) is 0 Å². The molecule has 2 rings (SSSR count). The third-order valence-corrected chi connectivity index (χ3v) is 6.34. The van der Waals surface area contributed by atoms with Crippen molar-refractivity contribution in [3.8, 4) is 6.07 Å². The van der Waals surface area contributed by atoms with E-state index in [9.17, 15) is 8.42 Å². The third kappa shape index (κ3) is 4.31. The fraction of sp³-hybridized carbons (Fsp3) is 0.588. The monoisotopic (exact) mass is 336 g/mol. The van der Waals surface area contributed by atoms with Crippen molar-refractivity contribution in [3.63, 3.8) is 0 Å². The molecule has 0 aromatic heterocycles. The molecule has 1 N–H and O–H groups in total. The summed E-state index contributed by atoms with van der Waals surface area (Å²) in [4.78, 5) is 1.68. The van der Waals surface area contributed by atoms with Crippen LogP contribution in [0.1, 0.15) is 32.3 Å². The van der Waals surface area contributed by atoms with Crippen LogP contribution in [0.3, 0.4) is 0 Å². The zero-order valence-corrected chi connectivity index (χ0v) is 14.9. The van der Waals surface area contributed by atoms with Gasteiger partial charge in [-0.05, 0) is 30.5 Å². The molecule has 1 aliphatic rings. The zero-order valence-electron chi connectivity index (χ0n) is 14.1. The number of hydrogen-bond donors (Lipinski definition) is 1. The highest BCUT2D eigenvalue weighted by Crippen LogP contribution is 2.20. The number of hydrogen-bond acceptors (Lipinski definition) is 3. The number of benzene rings is 1. The molecule has 0 amide bonds. The molecule has 0 spiro atoms. The molecule has 6 heteroatoms. The van der Waals surface area contributed by atoms with Gasteiger partial charge in [0.1, 0.15) is 0 Å². The number of nitrogens with one attached hydrogen (secondary N) is 1. The van der Waals surface area contributed by atoms with E-state index in [1.54, 1.807) is 16.4 Å². The summed E-state index contributed by atoms with van der Waals surface area (Å²) < 4.78 is 27.0. The smallest absolute Gasteiger partial charge is 0.243 e. The number of sulfonamides is 1. The minimum Gasteiger partial charge on any atom is -0.332 e. The molecular weight excluding hydrogens is 310 g/mol. The van der Waals surface area contributed by atoms with Crippen LogP contribution in [0.25, 0.3) is 0 Å². The summed E-state index contributed by atoms with van der Waals surface area (Å²) in [6, 6.07) is 9.45. The van der Waals surface area contributed by atoms with Gasteiger partial charge in [-0.2, -0.15) is 9.57 Å². The number of nitriles is 1. The minimum atomic E-state index is -3.41. The Morgan fingerprint density at radius 3 is 2.22 bits per heavy atom. The summed E-state index contributed by atoms with van der Waals surface area (Å²) in [6.45, 7) is 9.43. The van der Waals surface area contributed by atoms with Crippen molar-refractivity contribution in [1.29, 1.82) is 5.26 Å². The lowest BCUT2D eigenvalue weighted by Crippen LogP contribution is -3.15. The van der Waals surface area contributed by atoms with Crippen LogP contribution in [0.4, 0.5) is 0 Å². The topological polar surface area (TPSA) is 65.6 Å². The lowest BCUT2D eigenvalue weighted by molar-refractivity contribution is -0.905. The predicted octanol–water partition coefficient (Wildman–Crippen LogP) is 0.859. The molecule has 1 aliphatic heterocycles. The van der Waals surface area contributed by atoms with Gasteiger partial charge < -0.3 is 4.90 Å². The summed E-state index contributed by atoms with van der Waals surface area (Å²) >= 11 is 0. The number of quaternary nitrogens is 1. The van der Waals surface area contributed by atoms with E-state index in [4.69, 9.17) is 5.26 Å². The lowest BCUT2D eigenvalue weighted by atomic mass is 10.0. The van der Waals surface area contributed by atoms with E-state index in [1.165, 1.54) is 4.90 Å². The third-order valence-electron chi connectivity index (χ3n) is 4.43. The van der Waals surface area contributed by atoms with Gasteiger partial charge in [0, 0.05) is 0 Å². The average Bonchev–Trinajstić information content (AvgIpc) is 2.55. The van der Waals surface area contributed by atoms with E-state index in [0.717, 1.165) is 25.2 Å². The van der Waals surface area contributed by atoms with E-state index < -0.39 is 10.0 Å². The molecule has 1 fully saturated rings. The van der Waals surface area contributed by atoms with Crippen LogP contribution in [0.15, 0.2) is 29.2 Å². The Labute approximate surface area is 139 Å². The molecule has 126 valence electrons. The van der Waals surface area contributed by atoms with Gasteiger partial charge in [-0.15, -0.1) is 0 Å². The van der Waals surface area contributed by atoms with Crippen molar-refractivity contribution in [2.45, 2.75) is 31.6 Å². The largest absolute Gasteiger partial charge is 0.332 e. The maximum atomic E-state index is 12.7. The summed E-state index contributed by atoms with van der Waals surface area (Å²) in [7, 11) is -3.41. The normalized spacial score (nSPS) is 18.7. The Balaban J connectivity index is 2.03. The molecule has 0 radical (unpaired) electrons. The van der Waals surface area contributed by atoms with Crippen molar-refractivity contribution >= 4 is 10.0 Å². The first-order valence-electron chi connectivity index (χ1n) is 8.18. The SMILES string of the molecule is CC(C)c1ccc(S(=O)(=O)N2CC[NH+](C[C@H](C)C#N)CC2)cc1. The van der Waals surface area contributed by atoms with Crippen molar-refractivity contribution in [2.75, 3.05) is 32.7 Å². The van der Waals surface area contributed by atoms with Crippen molar-refractivity contribution in [2.24, 2.45) is 5.92 Å². The maximum absolute atomic E-state index is 12.7. The highest BCUT2D eigenvalue weighted by molar-refractivity contribution is 7.89. The lowest BCUT2D eigenvalue weighted by Gasteiger charge is -2.32. The summed E-state index contributed by atoms with van der Waals surface area (Å²) in [6.07, 6.45) is 0. The summed E-state index contributed by atoms with van der Waals surface area (Å²) in [5.74, 6) is 0.401. The quantitative estimate of drug-likeness (QED) is 0.867. The van der Waals surface area contributed by atoms with E-state index in [0.29, 0.717) is 23.9 Å². The van der Waals surface area contributed by atoms with E-state index >= 15 is 0 Å². The Morgan fingerprint density at radius 1 is 1.17 bits per heavy atom. The van der Waals surface area contributed by atoms with E-state index in [1.807, 2.05) is 19.1 Å². The molecule has 0 aliphatic carbocycles. The van der Waals surface area contributed by atoms with Gasteiger partial charge in [-0.3, -0.25) is 0 Å². The molecule has 23 heavy (non-hydrogen) atoms. The molecule has 1 saturated heterocycles. The molecular formula is C17H26N3O2S+. The molecule has 1 atom stereocenters.